The number of nitrogens with one attached hydrogen (secondary N) is 1. The van der Waals surface area contributed by atoms with E-state index in [1.165, 1.54) is 11.1 Å². The van der Waals surface area contributed by atoms with E-state index in [4.69, 9.17) is 9.47 Å². The molecule has 1 amide bonds. The molecule has 1 aromatic heterocycles. The van der Waals surface area contributed by atoms with Gasteiger partial charge in [-0.3, -0.25) is 9.48 Å². The molecule has 0 saturated heterocycles. The maximum atomic E-state index is 12.7. The highest BCUT2D eigenvalue weighted by Crippen LogP contribution is 2.37. The summed E-state index contributed by atoms with van der Waals surface area (Å²) in [5.74, 6) is 2.06. The smallest absolute Gasteiger partial charge is 0.223 e. The molecule has 1 aliphatic carbocycles. The lowest BCUT2D eigenvalue weighted by molar-refractivity contribution is -0.126. The van der Waals surface area contributed by atoms with Gasteiger partial charge in [0.15, 0.2) is 0 Å². The Hall–Kier alpha value is -3.28. The van der Waals surface area contributed by atoms with Gasteiger partial charge >= 0.3 is 0 Å². The SMILES string of the molecule is CCn1nccc1CNC(=O)[C@H]1CC[C@@H](Oc2ccc3c(c2)CCC(c2ccccc2)O3)CC1. The second-order valence-corrected chi connectivity index (χ2v) is 9.27. The average molecular weight is 460 g/mol. The molecule has 1 aliphatic heterocycles. The number of aryl methyl sites for hydroxylation is 2. The lowest BCUT2D eigenvalue weighted by atomic mass is 9.86. The highest BCUT2D eigenvalue weighted by molar-refractivity contribution is 5.78. The molecule has 0 spiro atoms. The topological polar surface area (TPSA) is 65.4 Å². The van der Waals surface area contributed by atoms with Crippen LogP contribution in [0.1, 0.15) is 62.0 Å². The monoisotopic (exact) mass is 459 g/mol. The Balaban J connectivity index is 1.10. The van der Waals surface area contributed by atoms with E-state index in [0.29, 0.717) is 6.54 Å². The Morgan fingerprint density at radius 3 is 2.71 bits per heavy atom. The summed E-state index contributed by atoms with van der Waals surface area (Å²) >= 11 is 0. The number of benzene rings is 2. The van der Waals surface area contributed by atoms with Crippen LogP contribution in [0.3, 0.4) is 0 Å². The molecule has 2 aliphatic rings. The Morgan fingerprint density at radius 1 is 1.09 bits per heavy atom. The Labute approximate surface area is 201 Å². The van der Waals surface area contributed by atoms with Crippen molar-refractivity contribution in [1.82, 2.24) is 15.1 Å². The van der Waals surface area contributed by atoms with E-state index >= 15 is 0 Å². The number of aromatic nitrogens is 2. The number of hydrogen-bond acceptors (Lipinski definition) is 4. The van der Waals surface area contributed by atoms with E-state index in [0.717, 1.165) is 62.3 Å². The summed E-state index contributed by atoms with van der Waals surface area (Å²) in [7, 11) is 0. The predicted octanol–water partition coefficient (Wildman–Crippen LogP) is 5.22. The lowest BCUT2D eigenvalue weighted by Crippen LogP contribution is -2.35. The summed E-state index contributed by atoms with van der Waals surface area (Å²) in [4.78, 5) is 12.7. The number of rotatable bonds is 7. The molecule has 6 nitrogen and oxygen atoms in total. The highest BCUT2D eigenvalue weighted by atomic mass is 16.5. The third-order valence-electron chi connectivity index (χ3n) is 7.04. The number of hydrogen-bond donors (Lipinski definition) is 1. The molecule has 2 heterocycles. The first-order chi connectivity index (χ1) is 16.7. The quantitative estimate of drug-likeness (QED) is 0.526. The van der Waals surface area contributed by atoms with Gasteiger partial charge in [-0.2, -0.15) is 5.10 Å². The fourth-order valence-electron chi connectivity index (χ4n) is 5.09. The molecular weight excluding hydrogens is 426 g/mol. The van der Waals surface area contributed by atoms with Crippen molar-refractivity contribution in [2.45, 2.75) is 70.7 Å². The molecule has 0 radical (unpaired) electrons. The van der Waals surface area contributed by atoms with Gasteiger partial charge in [0.25, 0.3) is 0 Å². The minimum absolute atomic E-state index is 0.0599. The number of ether oxygens (including phenoxy) is 2. The van der Waals surface area contributed by atoms with Crippen LogP contribution in [0.5, 0.6) is 11.5 Å². The van der Waals surface area contributed by atoms with Gasteiger partial charge in [-0.25, -0.2) is 0 Å². The van der Waals surface area contributed by atoms with Crippen molar-refractivity contribution in [1.29, 1.82) is 0 Å². The summed E-state index contributed by atoms with van der Waals surface area (Å²) in [5, 5.41) is 7.35. The normalized spacial score (nSPS) is 21.9. The van der Waals surface area contributed by atoms with Crippen molar-refractivity contribution < 1.29 is 14.3 Å². The second kappa shape index (κ2) is 10.3. The van der Waals surface area contributed by atoms with Crippen molar-refractivity contribution in [3.8, 4) is 11.5 Å². The predicted molar refractivity (Wildman–Crippen MR) is 131 cm³/mol. The third kappa shape index (κ3) is 5.11. The van der Waals surface area contributed by atoms with Gasteiger partial charge in [-0.1, -0.05) is 30.3 Å². The first-order valence-electron chi connectivity index (χ1n) is 12.5. The van der Waals surface area contributed by atoms with E-state index < -0.39 is 0 Å². The number of carbonyl (C=O) groups excluding carboxylic acids is 1. The van der Waals surface area contributed by atoms with Crippen LogP contribution in [0.4, 0.5) is 0 Å². The van der Waals surface area contributed by atoms with Crippen LogP contribution >= 0.6 is 0 Å². The van der Waals surface area contributed by atoms with Crippen molar-refractivity contribution in [2.75, 3.05) is 0 Å². The zero-order valence-electron chi connectivity index (χ0n) is 19.8. The number of nitrogens with zero attached hydrogens (tertiary/aromatic N) is 2. The average Bonchev–Trinajstić information content (AvgIpc) is 3.35. The van der Waals surface area contributed by atoms with Gasteiger partial charge in [0.1, 0.15) is 17.6 Å². The van der Waals surface area contributed by atoms with Gasteiger partial charge in [-0.05, 0) is 80.8 Å². The first kappa shape index (κ1) is 22.5. The van der Waals surface area contributed by atoms with Crippen LogP contribution in [-0.4, -0.2) is 21.8 Å². The molecule has 178 valence electrons. The van der Waals surface area contributed by atoms with E-state index in [1.54, 1.807) is 6.20 Å². The van der Waals surface area contributed by atoms with Crippen LogP contribution in [-0.2, 0) is 24.3 Å². The fraction of sp³-hybridized carbons (Fsp3) is 0.429. The Kier molecular flexibility index (Phi) is 6.84. The third-order valence-corrected chi connectivity index (χ3v) is 7.04. The zero-order chi connectivity index (χ0) is 23.3. The summed E-state index contributed by atoms with van der Waals surface area (Å²) in [6, 6.07) is 18.6. The maximum absolute atomic E-state index is 12.7. The fourth-order valence-corrected chi connectivity index (χ4v) is 5.09. The molecule has 34 heavy (non-hydrogen) atoms. The summed E-state index contributed by atoms with van der Waals surface area (Å²) in [5.41, 5.74) is 3.48. The Morgan fingerprint density at radius 2 is 1.91 bits per heavy atom. The number of amides is 1. The van der Waals surface area contributed by atoms with Crippen molar-refractivity contribution in [3.63, 3.8) is 0 Å². The molecule has 0 bridgehead atoms. The van der Waals surface area contributed by atoms with Gasteiger partial charge in [-0.15, -0.1) is 0 Å². The minimum Gasteiger partial charge on any atom is -0.490 e. The van der Waals surface area contributed by atoms with Crippen LogP contribution in [0.2, 0.25) is 0 Å². The van der Waals surface area contributed by atoms with Crippen LogP contribution in [0.25, 0.3) is 0 Å². The molecule has 1 saturated carbocycles. The Bertz CT molecular complexity index is 1100. The van der Waals surface area contributed by atoms with Crippen LogP contribution in [0.15, 0.2) is 60.8 Å². The molecule has 1 unspecified atom stereocenters. The van der Waals surface area contributed by atoms with Gasteiger partial charge in [0.05, 0.1) is 18.3 Å². The standard InChI is InChI=1S/C28H33N3O3/c1-2-31-23(16-17-30-31)19-29-28(32)21-8-11-24(12-9-21)33-25-13-15-27-22(18-25)10-14-26(34-27)20-6-4-3-5-7-20/h3-7,13,15-18,21,24,26H,2,8-12,14,19H2,1H3,(H,29,32)/t21-,24+,26?. The molecule has 1 N–H and O–H groups in total. The summed E-state index contributed by atoms with van der Waals surface area (Å²) in [6.07, 6.45) is 7.52. The lowest BCUT2D eigenvalue weighted by Gasteiger charge is -2.30. The van der Waals surface area contributed by atoms with E-state index in [9.17, 15) is 4.79 Å². The van der Waals surface area contributed by atoms with Crippen molar-refractivity contribution in [2.24, 2.45) is 5.92 Å². The minimum atomic E-state index is 0.0599. The molecule has 5 rings (SSSR count). The number of carbonyl (C=O) groups is 1. The molecular formula is C28H33N3O3. The molecule has 3 aromatic rings. The van der Waals surface area contributed by atoms with Gasteiger partial charge in [0.2, 0.25) is 5.91 Å². The van der Waals surface area contributed by atoms with Crippen molar-refractivity contribution in [3.05, 3.63) is 77.6 Å². The van der Waals surface area contributed by atoms with Gasteiger partial charge in [0, 0.05) is 18.7 Å². The van der Waals surface area contributed by atoms with Crippen molar-refractivity contribution >= 4 is 5.91 Å². The molecule has 2 aromatic carbocycles. The number of fused-ring (bicyclic) bond motifs is 1. The van der Waals surface area contributed by atoms with Gasteiger partial charge < -0.3 is 14.8 Å². The first-order valence-corrected chi connectivity index (χ1v) is 12.5. The largest absolute Gasteiger partial charge is 0.490 e. The van der Waals surface area contributed by atoms with E-state index in [2.05, 4.69) is 47.7 Å². The van der Waals surface area contributed by atoms with Crippen LogP contribution in [0, 0.1) is 5.92 Å². The zero-order valence-corrected chi connectivity index (χ0v) is 19.8. The maximum Gasteiger partial charge on any atom is 0.223 e. The summed E-state index contributed by atoms with van der Waals surface area (Å²) in [6.45, 7) is 3.39. The van der Waals surface area contributed by atoms with E-state index in [1.807, 2.05) is 28.9 Å². The summed E-state index contributed by atoms with van der Waals surface area (Å²) < 4.78 is 14.5. The molecule has 1 fully saturated rings. The van der Waals surface area contributed by atoms with E-state index in [-0.39, 0.29) is 24.0 Å². The highest BCUT2D eigenvalue weighted by Gasteiger charge is 2.28. The molecule has 1 atom stereocenters. The second-order valence-electron chi connectivity index (χ2n) is 9.27. The van der Waals surface area contributed by atoms with Crippen LogP contribution < -0.4 is 14.8 Å². The molecule has 6 heteroatoms.